The van der Waals surface area contributed by atoms with Gasteiger partial charge in [-0.2, -0.15) is 0 Å². The number of rotatable bonds is 5. The Balaban J connectivity index is 2.25. The number of aromatic nitrogens is 2. The molecule has 0 radical (unpaired) electrons. The average Bonchev–Trinajstić information content (AvgIpc) is 2.90. The van der Waals surface area contributed by atoms with E-state index < -0.39 is 5.97 Å². The lowest BCUT2D eigenvalue weighted by atomic mass is 10.2. The van der Waals surface area contributed by atoms with Crippen molar-refractivity contribution in [3.8, 4) is 0 Å². The third kappa shape index (κ3) is 2.65. The molecular formula is C12H13N3O2S. The minimum Gasteiger partial charge on any atom is -0.478 e. The van der Waals surface area contributed by atoms with Crippen LogP contribution in [-0.4, -0.2) is 21.0 Å². The second-order valence-corrected chi connectivity index (χ2v) is 4.63. The largest absolute Gasteiger partial charge is 0.478 e. The van der Waals surface area contributed by atoms with E-state index >= 15 is 0 Å². The summed E-state index contributed by atoms with van der Waals surface area (Å²) >= 11 is 1.55. The van der Waals surface area contributed by atoms with E-state index in [1.807, 2.05) is 12.3 Å². The Morgan fingerprint density at radius 2 is 2.39 bits per heavy atom. The van der Waals surface area contributed by atoms with Crippen LogP contribution in [-0.2, 0) is 0 Å². The molecule has 0 aromatic carbocycles. The number of hydrogen-bond acceptors (Lipinski definition) is 5. The number of nitrogens with zero attached hydrogens (tertiary/aromatic N) is 2. The standard InChI is InChI=1S/C12H13N3O2S/c1-2-9(11-14-5-6-18-11)15-10-3-4-13-7-8(10)12(16)17/h3-7,9H,2H2,1H3,(H,13,15)(H,16,17). The SMILES string of the molecule is CCC(Nc1ccncc1C(=O)O)c1nccs1. The molecule has 1 atom stereocenters. The molecule has 0 saturated heterocycles. The molecule has 18 heavy (non-hydrogen) atoms. The van der Waals surface area contributed by atoms with Crippen LogP contribution in [0.15, 0.2) is 30.0 Å². The van der Waals surface area contributed by atoms with Gasteiger partial charge in [0.05, 0.1) is 11.7 Å². The van der Waals surface area contributed by atoms with Crippen LogP contribution in [0.3, 0.4) is 0 Å². The van der Waals surface area contributed by atoms with Crippen LogP contribution in [0.1, 0.15) is 34.8 Å². The Hall–Kier alpha value is -1.95. The Bertz CT molecular complexity index is 528. The molecule has 94 valence electrons. The van der Waals surface area contributed by atoms with Crippen molar-refractivity contribution in [2.24, 2.45) is 0 Å². The van der Waals surface area contributed by atoms with Gasteiger partial charge in [0.1, 0.15) is 10.6 Å². The van der Waals surface area contributed by atoms with Crippen LogP contribution in [0.2, 0.25) is 0 Å². The van der Waals surface area contributed by atoms with E-state index in [1.54, 1.807) is 29.8 Å². The molecule has 0 aliphatic carbocycles. The first kappa shape index (κ1) is 12.5. The summed E-state index contributed by atoms with van der Waals surface area (Å²) in [5.41, 5.74) is 0.743. The van der Waals surface area contributed by atoms with Gasteiger partial charge >= 0.3 is 5.97 Å². The molecule has 1 unspecified atom stereocenters. The Morgan fingerprint density at radius 1 is 1.56 bits per heavy atom. The van der Waals surface area contributed by atoms with Gasteiger partial charge in [0.25, 0.3) is 0 Å². The fourth-order valence-electron chi connectivity index (χ4n) is 1.62. The van der Waals surface area contributed by atoms with Crippen LogP contribution in [0.25, 0.3) is 0 Å². The molecule has 2 rings (SSSR count). The lowest BCUT2D eigenvalue weighted by molar-refractivity contribution is 0.0697. The molecule has 2 aromatic rings. The quantitative estimate of drug-likeness (QED) is 0.867. The van der Waals surface area contributed by atoms with Crippen molar-refractivity contribution in [1.82, 2.24) is 9.97 Å². The lowest BCUT2D eigenvalue weighted by Gasteiger charge is -2.17. The summed E-state index contributed by atoms with van der Waals surface area (Å²) in [6.45, 7) is 2.03. The molecule has 0 saturated carbocycles. The molecule has 0 amide bonds. The van der Waals surface area contributed by atoms with Crippen molar-refractivity contribution in [2.45, 2.75) is 19.4 Å². The molecule has 0 bridgehead atoms. The number of anilines is 1. The molecule has 0 spiro atoms. The third-order valence-corrected chi connectivity index (χ3v) is 3.43. The molecule has 0 aliphatic rings. The van der Waals surface area contributed by atoms with Gasteiger partial charge in [-0.3, -0.25) is 4.98 Å². The summed E-state index contributed by atoms with van der Waals surface area (Å²) < 4.78 is 0. The predicted octanol–water partition coefficient (Wildman–Crippen LogP) is 2.80. The molecular weight excluding hydrogens is 250 g/mol. The number of pyridine rings is 1. The Kier molecular flexibility index (Phi) is 3.88. The van der Waals surface area contributed by atoms with Crippen molar-refractivity contribution in [3.05, 3.63) is 40.6 Å². The van der Waals surface area contributed by atoms with E-state index in [4.69, 9.17) is 5.11 Å². The van der Waals surface area contributed by atoms with Crippen molar-refractivity contribution in [1.29, 1.82) is 0 Å². The first-order valence-corrected chi connectivity index (χ1v) is 6.43. The van der Waals surface area contributed by atoms with Gasteiger partial charge in [0.15, 0.2) is 0 Å². The number of carboxylic acids is 1. The van der Waals surface area contributed by atoms with Gasteiger partial charge in [-0.15, -0.1) is 11.3 Å². The van der Waals surface area contributed by atoms with Gasteiger partial charge in [0.2, 0.25) is 0 Å². The predicted molar refractivity (Wildman–Crippen MR) is 70.0 cm³/mol. The van der Waals surface area contributed by atoms with Crippen molar-refractivity contribution in [2.75, 3.05) is 5.32 Å². The fraction of sp³-hybridized carbons (Fsp3) is 0.250. The number of hydrogen-bond donors (Lipinski definition) is 2. The van der Waals surface area contributed by atoms with Gasteiger partial charge in [-0.1, -0.05) is 6.92 Å². The summed E-state index contributed by atoms with van der Waals surface area (Å²) in [6, 6.07) is 1.69. The van der Waals surface area contributed by atoms with Crippen LogP contribution in [0.5, 0.6) is 0 Å². The zero-order chi connectivity index (χ0) is 13.0. The summed E-state index contributed by atoms with van der Waals surface area (Å²) in [5.74, 6) is -0.986. The first-order valence-electron chi connectivity index (χ1n) is 5.55. The van der Waals surface area contributed by atoms with Crippen LogP contribution >= 0.6 is 11.3 Å². The van der Waals surface area contributed by atoms with Crippen molar-refractivity contribution < 1.29 is 9.90 Å². The number of thiazole rings is 1. The van der Waals surface area contributed by atoms with Crippen molar-refractivity contribution in [3.63, 3.8) is 0 Å². The van der Waals surface area contributed by atoms with E-state index in [2.05, 4.69) is 15.3 Å². The third-order valence-electron chi connectivity index (χ3n) is 2.54. The highest BCUT2D eigenvalue weighted by atomic mass is 32.1. The number of aromatic carboxylic acids is 1. The molecule has 0 fully saturated rings. The summed E-state index contributed by atoms with van der Waals surface area (Å²) in [7, 11) is 0. The number of carbonyl (C=O) groups is 1. The number of nitrogens with one attached hydrogen (secondary N) is 1. The number of carboxylic acid groups (broad SMARTS) is 1. The second-order valence-electron chi connectivity index (χ2n) is 3.70. The molecule has 0 aliphatic heterocycles. The topological polar surface area (TPSA) is 75.1 Å². The monoisotopic (exact) mass is 263 g/mol. The minimum absolute atomic E-state index is 0.0190. The normalized spacial score (nSPS) is 12.1. The molecule has 2 N–H and O–H groups in total. The zero-order valence-electron chi connectivity index (χ0n) is 9.83. The molecule has 5 nitrogen and oxygen atoms in total. The highest BCUT2D eigenvalue weighted by Gasteiger charge is 2.16. The van der Waals surface area contributed by atoms with Crippen molar-refractivity contribution >= 4 is 23.0 Å². The van der Waals surface area contributed by atoms with E-state index in [0.717, 1.165) is 11.4 Å². The molecule has 2 heterocycles. The van der Waals surface area contributed by atoms with E-state index in [1.165, 1.54) is 6.20 Å². The highest BCUT2D eigenvalue weighted by Crippen LogP contribution is 2.25. The molecule has 2 aromatic heterocycles. The maximum absolute atomic E-state index is 11.1. The Labute approximate surface area is 109 Å². The summed E-state index contributed by atoms with van der Waals surface area (Å²) in [6.07, 6.45) is 5.49. The Morgan fingerprint density at radius 3 is 3.00 bits per heavy atom. The summed E-state index contributed by atoms with van der Waals surface area (Å²) in [4.78, 5) is 19.2. The van der Waals surface area contributed by atoms with Crippen LogP contribution < -0.4 is 5.32 Å². The fourth-order valence-corrected chi connectivity index (χ4v) is 2.40. The van der Waals surface area contributed by atoms with E-state index in [-0.39, 0.29) is 11.6 Å². The minimum atomic E-state index is -0.986. The molecule has 6 heteroatoms. The van der Waals surface area contributed by atoms with E-state index in [9.17, 15) is 4.79 Å². The van der Waals surface area contributed by atoms with Gasteiger partial charge in [-0.25, -0.2) is 9.78 Å². The second kappa shape index (κ2) is 5.59. The maximum atomic E-state index is 11.1. The summed E-state index contributed by atoms with van der Waals surface area (Å²) in [5, 5.41) is 15.2. The zero-order valence-corrected chi connectivity index (χ0v) is 10.6. The van der Waals surface area contributed by atoms with Gasteiger partial charge in [-0.05, 0) is 12.5 Å². The lowest BCUT2D eigenvalue weighted by Crippen LogP contribution is -2.12. The smallest absolute Gasteiger partial charge is 0.339 e. The first-order chi connectivity index (χ1) is 8.72. The van der Waals surface area contributed by atoms with Crippen LogP contribution in [0.4, 0.5) is 5.69 Å². The highest BCUT2D eigenvalue weighted by molar-refractivity contribution is 7.09. The van der Waals surface area contributed by atoms with Crippen LogP contribution in [0, 0.1) is 0 Å². The van der Waals surface area contributed by atoms with Gasteiger partial charge < -0.3 is 10.4 Å². The van der Waals surface area contributed by atoms with E-state index in [0.29, 0.717) is 5.69 Å². The average molecular weight is 263 g/mol. The van der Waals surface area contributed by atoms with Gasteiger partial charge in [0, 0.05) is 24.0 Å². The maximum Gasteiger partial charge on any atom is 0.339 e.